The molecule has 1 spiro atoms. The number of hydrogen-bond donors (Lipinski definition) is 2. The third-order valence-corrected chi connectivity index (χ3v) is 11.5. The van der Waals surface area contributed by atoms with E-state index in [4.69, 9.17) is 20.4 Å². The summed E-state index contributed by atoms with van der Waals surface area (Å²) >= 11 is 1.56. The Kier molecular flexibility index (Phi) is 5.60. The number of nitrogens with two attached hydrogens (primary N) is 1. The first kappa shape index (κ1) is 25.3. The van der Waals surface area contributed by atoms with Crippen LogP contribution in [0.2, 0.25) is 0 Å². The summed E-state index contributed by atoms with van der Waals surface area (Å²) in [6.07, 6.45) is 7.44. The van der Waals surface area contributed by atoms with Crippen LogP contribution in [0.4, 0.5) is 16.6 Å². The first-order chi connectivity index (χ1) is 19.9. The van der Waals surface area contributed by atoms with Gasteiger partial charge in [0.15, 0.2) is 11.6 Å². The van der Waals surface area contributed by atoms with Crippen molar-refractivity contribution in [3.8, 4) is 18.1 Å². The zero-order valence-electron chi connectivity index (χ0n) is 23.3. The number of hydrogen-bond acceptors (Lipinski definition) is 11. The minimum atomic E-state index is -0.116. The van der Waals surface area contributed by atoms with Crippen molar-refractivity contribution in [3.05, 3.63) is 33.7 Å². The number of rotatable bonds is 5. The molecule has 0 aromatic carbocycles. The van der Waals surface area contributed by atoms with Gasteiger partial charge in [0, 0.05) is 55.1 Å². The van der Waals surface area contributed by atoms with Crippen LogP contribution in [0.15, 0.2) is 12.2 Å². The fourth-order valence-corrected chi connectivity index (χ4v) is 9.77. The van der Waals surface area contributed by atoms with E-state index in [1.807, 2.05) is 0 Å². The van der Waals surface area contributed by atoms with Crippen LogP contribution in [0.5, 0.6) is 6.01 Å². The standard InChI is InChI=1S/C30H35N9OS/c1-18-9-30(6-2-8-39(30)12-18)17-40-28-35-26(37-13-19-3-4-20(14-37)34-19)22(11-32)27(36-28)38-15-29(16-38)7-5-23-24(29)21(10-31)25(33)41-23/h19-20,34H,1-9,12-17,33H2. The molecule has 2 aromatic heterocycles. The van der Waals surface area contributed by atoms with E-state index < -0.39 is 0 Å². The van der Waals surface area contributed by atoms with E-state index in [-0.39, 0.29) is 11.0 Å². The molecular weight excluding hydrogens is 534 g/mol. The van der Waals surface area contributed by atoms with Crippen molar-refractivity contribution in [1.82, 2.24) is 20.2 Å². The molecule has 7 heterocycles. The molecule has 5 fully saturated rings. The summed E-state index contributed by atoms with van der Waals surface area (Å²) in [6.45, 7) is 9.87. The van der Waals surface area contributed by atoms with Crippen LogP contribution in [-0.2, 0) is 11.8 Å². The van der Waals surface area contributed by atoms with Crippen molar-refractivity contribution in [2.75, 3.05) is 61.4 Å². The molecule has 11 heteroatoms. The number of piperazine rings is 1. The molecule has 3 N–H and O–H groups in total. The van der Waals surface area contributed by atoms with E-state index >= 15 is 0 Å². The molecule has 0 radical (unpaired) electrons. The van der Waals surface area contributed by atoms with Crippen molar-refractivity contribution in [1.29, 1.82) is 10.5 Å². The monoisotopic (exact) mass is 569 g/mol. The van der Waals surface area contributed by atoms with Gasteiger partial charge in [0.2, 0.25) is 0 Å². The van der Waals surface area contributed by atoms with Gasteiger partial charge < -0.3 is 25.6 Å². The number of anilines is 3. The second kappa shape index (κ2) is 9.06. The lowest BCUT2D eigenvalue weighted by Gasteiger charge is -2.49. The van der Waals surface area contributed by atoms with Crippen molar-refractivity contribution in [2.45, 2.75) is 68.0 Å². The van der Waals surface area contributed by atoms with Gasteiger partial charge in [-0.2, -0.15) is 20.5 Å². The van der Waals surface area contributed by atoms with Crippen LogP contribution in [-0.4, -0.2) is 78.4 Å². The van der Waals surface area contributed by atoms with Gasteiger partial charge in [-0.25, -0.2) is 0 Å². The van der Waals surface area contributed by atoms with Gasteiger partial charge in [0.25, 0.3) is 0 Å². The Hall–Kier alpha value is -3.38. The molecule has 5 saturated heterocycles. The highest BCUT2D eigenvalue weighted by Crippen LogP contribution is 2.53. The minimum absolute atomic E-state index is 0.0313. The number of fused-ring (bicyclic) bond motifs is 5. The zero-order chi connectivity index (χ0) is 27.9. The number of aryl methyl sites for hydroxylation is 1. The van der Waals surface area contributed by atoms with Crippen LogP contribution in [0, 0.1) is 22.7 Å². The molecule has 10 nitrogen and oxygen atoms in total. The lowest BCUT2D eigenvalue weighted by Crippen LogP contribution is -2.59. The predicted molar refractivity (Wildman–Crippen MR) is 157 cm³/mol. The maximum Gasteiger partial charge on any atom is 0.320 e. The Balaban J connectivity index is 1.13. The number of nitriles is 2. The molecular formula is C30H35N9OS. The summed E-state index contributed by atoms with van der Waals surface area (Å²) < 4.78 is 6.47. The summed E-state index contributed by atoms with van der Waals surface area (Å²) in [7, 11) is 0. The van der Waals surface area contributed by atoms with Gasteiger partial charge in [0.1, 0.15) is 29.3 Å². The van der Waals surface area contributed by atoms with Gasteiger partial charge in [-0.15, -0.1) is 11.3 Å². The molecule has 0 amide bonds. The Bertz CT molecular complexity index is 1520. The highest BCUT2D eigenvalue weighted by molar-refractivity contribution is 7.16. The van der Waals surface area contributed by atoms with Gasteiger partial charge in [-0.05, 0) is 57.1 Å². The highest BCUT2D eigenvalue weighted by Gasteiger charge is 2.52. The van der Waals surface area contributed by atoms with Gasteiger partial charge in [-0.3, -0.25) is 4.90 Å². The predicted octanol–water partition coefficient (Wildman–Crippen LogP) is 2.68. The molecule has 41 heavy (non-hydrogen) atoms. The normalized spacial score (nSPS) is 29.4. The molecule has 1 aliphatic carbocycles. The van der Waals surface area contributed by atoms with Crippen molar-refractivity contribution in [3.63, 3.8) is 0 Å². The quantitative estimate of drug-likeness (QED) is 0.518. The summed E-state index contributed by atoms with van der Waals surface area (Å²) in [5.41, 5.74) is 9.62. The van der Waals surface area contributed by atoms with Crippen LogP contribution in [0.1, 0.15) is 60.1 Å². The fourth-order valence-electron chi connectivity index (χ4n) is 8.63. The molecule has 5 aliphatic heterocycles. The van der Waals surface area contributed by atoms with Crippen molar-refractivity contribution >= 4 is 28.0 Å². The van der Waals surface area contributed by atoms with Crippen LogP contribution in [0.25, 0.3) is 0 Å². The molecule has 3 unspecified atom stereocenters. The molecule has 0 saturated carbocycles. The summed E-state index contributed by atoms with van der Waals surface area (Å²) in [5.74, 6) is 1.34. The first-order valence-electron chi connectivity index (χ1n) is 14.8. The number of thiophene rings is 1. The van der Waals surface area contributed by atoms with Gasteiger partial charge in [-0.1, -0.05) is 12.2 Å². The number of nitrogen functional groups attached to an aromatic ring is 1. The number of aromatic nitrogens is 2. The summed E-state index contributed by atoms with van der Waals surface area (Å²) in [4.78, 5) is 18.1. The van der Waals surface area contributed by atoms with E-state index in [0.29, 0.717) is 65.6 Å². The van der Waals surface area contributed by atoms with Crippen molar-refractivity contribution in [2.24, 2.45) is 0 Å². The lowest BCUT2D eigenvalue weighted by atomic mass is 9.74. The van der Waals surface area contributed by atoms with E-state index in [1.54, 1.807) is 11.3 Å². The van der Waals surface area contributed by atoms with Crippen LogP contribution in [0.3, 0.4) is 0 Å². The number of ether oxygens (including phenoxy) is 1. The SMILES string of the molecule is C=C1CN2CCCC2(COc2nc(N3CC4CCC(C3)N4)c(C#N)c(N3CC4(CCc5sc(N)c(C#N)c54)C3)n2)C1. The van der Waals surface area contributed by atoms with E-state index in [2.05, 4.69) is 38.7 Å². The van der Waals surface area contributed by atoms with Crippen LogP contribution >= 0.6 is 11.3 Å². The smallest absolute Gasteiger partial charge is 0.320 e. The number of nitrogens with one attached hydrogen (secondary N) is 1. The summed E-state index contributed by atoms with van der Waals surface area (Å²) in [6, 6.07) is 6.02. The first-order valence-corrected chi connectivity index (χ1v) is 15.7. The third-order valence-electron chi connectivity index (χ3n) is 10.5. The van der Waals surface area contributed by atoms with E-state index in [9.17, 15) is 10.5 Å². The Morgan fingerprint density at radius 2 is 1.80 bits per heavy atom. The molecule has 212 valence electrons. The molecule has 2 bridgehead atoms. The topological polar surface area (TPSA) is 130 Å². The third kappa shape index (κ3) is 3.79. The van der Waals surface area contributed by atoms with E-state index in [0.717, 1.165) is 70.3 Å². The Morgan fingerprint density at radius 1 is 1.07 bits per heavy atom. The second-order valence-electron chi connectivity index (χ2n) is 13.0. The number of nitrogens with zero attached hydrogens (tertiary/aromatic N) is 7. The minimum Gasteiger partial charge on any atom is -0.461 e. The van der Waals surface area contributed by atoms with Crippen LogP contribution < -0.4 is 25.6 Å². The maximum atomic E-state index is 10.5. The van der Waals surface area contributed by atoms with E-state index in [1.165, 1.54) is 16.9 Å². The molecule has 8 rings (SSSR count). The Labute approximate surface area is 244 Å². The molecule has 2 aromatic rings. The van der Waals surface area contributed by atoms with Gasteiger partial charge in [0.05, 0.1) is 11.1 Å². The maximum absolute atomic E-state index is 10.5. The second-order valence-corrected chi connectivity index (χ2v) is 14.2. The average Bonchev–Trinajstić information content (AvgIpc) is 3.72. The molecule has 3 atom stereocenters. The highest BCUT2D eigenvalue weighted by atomic mass is 32.1. The van der Waals surface area contributed by atoms with Crippen molar-refractivity contribution < 1.29 is 4.74 Å². The summed E-state index contributed by atoms with van der Waals surface area (Å²) in [5, 5.41) is 24.6. The Morgan fingerprint density at radius 3 is 2.54 bits per heavy atom. The van der Waals surface area contributed by atoms with Gasteiger partial charge >= 0.3 is 6.01 Å². The fraction of sp³-hybridized carbons (Fsp3) is 0.600. The average molecular weight is 570 g/mol. The largest absolute Gasteiger partial charge is 0.461 e. The zero-order valence-corrected chi connectivity index (χ0v) is 24.1. The lowest BCUT2D eigenvalue weighted by molar-refractivity contribution is 0.107. The molecule has 6 aliphatic rings.